The second-order valence-electron chi connectivity index (χ2n) is 2.34. The number of hydrogen-bond donors (Lipinski definition) is 2. The number of nitrogens with zero attached hydrogens (tertiary/aromatic N) is 4. The van der Waals surface area contributed by atoms with Crippen LogP contribution in [0.4, 0.5) is 23.3 Å². The summed E-state index contributed by atoms with van der Waals surface area (Å²) in [5, 5.41) is 31.8. The van der Waals surface area contributed by atoms with Crippen LogP contribution in [-0.4, -0.2) is 14.8 Å². The molecule has 1 aromatic rings. The van der Waals surface area contributed by atoms with Crippen molar-refractivity contribution in [2.45, 2.75) is 0 Å². The summed E-state index contributed by atoms with van der Waals surface area (Å²) in [6.45, 7) is 0. The van der Waals surface area contributed by atoms with Crippen LogP contribution in [0.5, 0.6) is 0 Å². The lowest BCUT2D eigenvalue weighted by Crippen LogP contribution is -2.36. The predicted molar refractivity (Wildman–Crippen MR) is 45.3 cm³/mol. The van der Waals surface area contributed by atoms with Crippen molar-refractivity contribution in [2.24, 2.45) is 0 Å². The molecule has 80 valence electrons. The molecule has 0 fully saturated rings. The molecule has 0 atom stereocenters. The molecule has 11 nitrogen and oxygen atoms in total. The zero-order valence-electron chi connectivity index (χ0n) is 6.98. The van der Waals surface area contributed by atoms with Crippen LogP contribution in [0.3, 0.4) is 0 Å². The minimum absolute atomic E-state index is 0.572. The number of hydrogen-bond acceptors (Lipinski definition) is 8. The fourth-order valence-corrected chi connectivity index (χ4v) is 0.874. The molecular formula is C4H4N6O5. The Hall–Kier alpha value is -2.72. The Labute approximate surface area is 80.8 Å². The summed E-state index contributed by atoms with van der Waals surface area (Å²) in [6.07, 6.45) is 0. The first-order valence-corrected chi connectivity index (χ1v) is 3.33. The van der Waals surface area contributed by atoms with Gasteiger partial charge < -0.3 is 16.7 Å². The second kappa shape index (κ2) is 3.21. The number of nitrogens with two attached hydrogens (primary N) is 2. The van der Waals surface area contributed by atoms with E-state index in [4.69, 9.17) is 11.5 Å². The number of anilines is 2. The van der Waals surface area contributed by atoms with Gasteiger partial charge in [0.1, 0.15) is 9.85 Å². The molecule has 0 aliphatic carbocycles. The topological polar surface area (TPSA) is 178 Å². The largest absolute Gasteiger partial charge is 0.609 e. The summed E-state index contributed by atoms with van der Waals surface area (Å²) in [5.41, 5.74) is 10.0. The Morgan fingerprint density at radius 2 is 1.40 bits per heavy atom. The number of rotatable bonds is 2. The van der Waals surface area contributed by atoms with Crippen LogP contribution in [0, 0.1) is 25.4 Å². The van der Waals surface area contributed by atoms with E-state index in [2.05, 4.69) is 4.98 Å². The van der Waals surface area contributed by atoms with Crippen molar-refractivity contribution in [1.82, 2.24) is 4.98 Å². The maximum Gasteiger partial charge on any atom is 0.561 e. The Balaban J connectivity index is 3.64. The Morgan fingerprint density at radius 3 is 1.67 bits per heavy atom. The lowest BCUT2D eigenvalue weighted by molar-refractivity contribution is -0.701. The van der Waals surface area contributed by atoms with Gasteiger partial charge in [-0.05, 0) is 4.73 Å². The lowest BCUT2D eigenvalue weighted by Gasteiger charge is -2.00. The predicted octanol–water partition coefficient (Wildman–Crippen LogP) is -1.30. The van der Waals surface area contributed by atoms with Crippen LogP contribution >= 0.6 is 0 Å². The molecule has 0 radical (unpaired) electrons. The van der Waals surface area contributed by atoms with E-state index in [9.17, 15) is 25.4 Å². The average Bonchev–Trinajstić information content (AvgIpc) is 1.99. The molecular weight excluding hydrogens is 212 g/mol. The Bertz CT molecular complexity index is 419. The summed E-state index contributed by atoms with van der Waals surface area (Å²) in [5.74, 6) is -4.01. The summed E-state index contributed by atoms with van der Waals surface area (Å²) < 4.78 is -0.572. The second-order valence-corrected chi connectivity index (χ2v) is 2.34. The molecule has 11 heteroatoms. The van der Waals surface area contributed by atoms with E-state index >= 15 is 0 Å². The molecule has 0 aliphatic rings. The van der Waals surface area contributed by atoms with Gasteiger partial charge in [-0.1, -0.05) is 0 Å². The van der Waals surface area contributed by atoms with Gasteiger partial charge in [0.2, 0.25) is 0 Å². The van der Waals surface area contributed by atoms with Crippen molar-refractivity contribution in [2.75, 3.05) is 11.5 Å². The summed E-state index contributed by atoms with van der Waals surface area (Å²) in [6, 6.07) is 0. The third-order valence-corrected chi connectivity index (χ3v) is 1.43. The molecule has 0 unspecified atom stereocenters. The first-order chi connectivity index (χ1) is 6.86. The minimum atomic E-state index is -1.23. The third-order valence-electron chi connectivity index (χ3n) is 1.43. The molecule has 1 heterocycles. The Morgan fingerprint density at radius 1 is 1.07 bits per heavy atom. The summed E-state index contributed by atoms with van der Waals surface area (Å²) in [4.78, 5) is 21.4. The zero-order valence-corrected chi connectivity index (χ0v) is 6.98. The molecule has 0 amide bonds. The molecule has 0 saturated heterocycles. The highest BCUT2D eigenvalue weighted by atomic mass is 16.7. The maximum atomic E-state index is 11.1. The molecule has 0 aromatic carbocycles. The van der Waals surface area contributed by atoms with Crippen molar-refractivity contribution in [3.63, 3.8) is 0 Å². The number of nitro groups is 2. The highest BCUT2D eigenvalue weighted by Gasteiger charge is 2.37. The van der Waals surface area contributed by atoms with Crippen molar-refractivity contribution in [3.8, 4) is 0 Å². The first kappa shape index (κ1) is 10.4. The summed E-state index contributed by atoms with van der Waals surface area (Å²) >= 11 is 0. The molecule has 4 N–H and O–H groups in total. The quantitative estimate of drug-likeness (QED) is 0.264. The molecule has 0 bridgehead atoms. The third kappa shape index (κ3) is 1.52. The van der Waals surface area contributed by atoms with Crippen LogP contribution in [0.1, 0.15) is 0 Å². The maximum absolute atomic E-state index is 11.1. The van der Waals surface area contributed by atoms with Gasteiger partial charge in [0, 0.05) is 0 Å². The molecule has 1 rings (SSSR count). The van der Waals surface area contributed by atoms with Gasteiger partial charge in [-0.3, -0.25) is 20.2 Å². The first-order valence-electron chi connectivity index (χ1n) is 3.33. The number of nitrogen functional groups attached to an aromatic ring is 2. The molecule has 0 aliphatic heterocycles. The van der Waals surface area contributed by atoms with Gasteiger partial charge in [-0.25, -0.2) is 0 Å². The average molecular weight is 216 g/mol. The van der Waals surface area contributed by atoms with E-state index in [1.807, 2.05) is 0 Å². The minimum Gasteiger partial charge on any atom is -0.609 e. The highest BCUT2D eigenvalue weighted by molar-refractivity contribution is 5.53. The van der Waals surface area contributed by atoms with Gasteiger partial charge >= 0.3 is 11.6 Å². The van der Waals surface area contributed by atoms with Crippen LogP contribution in [0.15, 0.2) is 0 Å². The fourth-order valence-electron chi connectivity index (χ4n) is 0.874. The van der Waals surface area contributed by atoms with Gasteiger partial charge in [-0.2, -0.15) is 4.98 Å². The van der Waals surface area contributed by atoms with E-state index in [0.717, 1.165) is 0 Å². The van der Waals surface area contributed by atoms with Crippen molar-refractivity contribution in [3.05, 3.63) is 25.4 Å². The van der Waals surface area contributed by atoms with E-state index in [-0.39, 0.29) is 0 Å². The summed E-state index contributed by atoms with van der Waals surface area (Å²) in [7, 11) is 0. The van der Waals surface area contributed by atoms with Gasteiger partial charge in [0.05, 0.1) is 0 Å². The SMILES string of the molecule is Nc1nc(N)c([N+](=O)[O-])[n+]([O-])c1[N+](=O)[O-]. The number of aromatic nitrogens is 2. The lowest BCUT2D eigenvalue weighted by atomic mass is 10.5. The van der Waals surface area contributed by atoms with Crippen LogP contribution in [0.2, 0.25) is 0 Å². The smallest absolute Gasteiger partial charge is 0.561 e. The standard InChI is InChI=1S/C4H4N6O5/c5-1-3(9(12)13)8(11)4(10(14)15)2(6)7-1/h(H4,5,6,7). The molecule has 1 aromatic heterocycles. The van der Waals surface area contributed by atoms with Crippen molar-refractivity contribution >= 4 is 23.3 Å². The highest BCUT2D eigenvalue weighted by Crippen LogP contribution is 2.21. The van der Waals surface area contributed by atoms with E-state index < -0.39 is 37.8 Å². The normalized spacial score (nSPS) is 9.87. The molecule has 0 saturated carbocycles. The van der Waals surface area contributed by atoms with E-state index in [0.29, 0.717) is 0 Å². The zero-order chi connectivity index (χ0) is 11.7. The van der Waals surface area contributed by atoms with Crippen molar-refractivity contribution in [1.29, 1.82) is 0 Å². The Kier molecular flexibility index (Phi) is 2.22. The van der Waals surface area contributed by atoms with E-state index in [1.54, 1.807) is 0 Å². The van der Waals surface area contributed by atoms with Crippen LogP contribution in [-0.2, 0) is 0 Å². The molecule has 0 spiro atoms. The van der Waals surface area contributed by atoms with Gasteiger partial charge in [-0.15, -0.1) is 0 Å². The van der Waals surface area contributed by atoms with E-state index in [1.165, 1.54) is 0 Å². The van der Waals surface area contributed by atoms with Gasteiger partial charge in [0.25, 0.3) is 11.6 Å². The van der Waals surface area contributed by atoms with Crippen LogP contribution in [0.25, 0.3) is 0 Å². The monoisotopic (exact) mass is 216 g/mol. The van der Waals surface area contributed by atoms with Gasteiger partial charge in [0.15, 0.2) is 0 Å². The van der Waals surface area contributed by atoms with Crippen LogP contribution < -0.4 is 16.2 Å². The van der Waals surface area contributed by atoms with Crippen molar-refractivity contribution < 1.29 is 14.6 Å². The fraction of sp³-hybridized carbons (Fsp3) is 0. The molecule has 15 heavy (non-hydrogen) atoms.